The van der Waals surface area contributed by atoms with Crippen LogP contribution in [0.5, 0.6) is 0 Å². The number of hydrogen-bond donors (Lipinski definition) is 2. The molecule has 0 aromatic carbocycles. The Balaban J connectivity index is 1.31. The van der Waals surface area contributed by atoms with Crippen molar-refractivity contribution >= 4 is 11.9 Å². The average molecular weight is 293 g/mol. The number of aliphatic imine (C=N–C) groups is 1. The Bertz CT molecular complexity index is 399. The summed E-state index contributed by atoms with van der Waals surface area (Å²) in [7, 11) is 0. The molecule has 1 unspecified atom stereocenters. The zero-order valence-corrected chi connectivity index (χ0v) is 13.0. The van der Waals surface area contributed by atoms with E-state index in [0.29, 0.717) is 17.9 Å². The van der Waals surface area contributed by atoms with Gasteiger partial charge < -0.3 is 15.5 Å². The lowest BCUT2D eigenvalue weighted by Crippen LogP contribution is -2.52. The molecular weight excluding hydrogens is 266 g/mol. The Labute approximate surface area is 127 Å². The highest BCUT2D eigenvalue weighted by molar-refractivity contribution is 5.81. The number of amides is 1. The molecule has 3 aliphatic rings. The lowest BCUT2D eigenvalue weighted by atomic mass is 9.84. The summed E-state index contributed by atoms with van der Waals surface area (Å²) in [5, 5.41) is 6.65. The summed E-state index contributed by atoms with van der Waals surface area (Å²) in [6.45, 7) is 8.71. The minimum absolute atomic E-state index is 0.339. The molecule has 1 amide bonds. The molecule has 1 saturated heterocycles. The van der Waals surface area contributed by atoms with Gasteiger partial charge in [-0.3, -0.25) is 14.7 Å². The minimum Gasteiger partial charge on any atom is -0.355 e. The first-order chi connectivity index (χ1) is 10.2. The van der Waals surface area contributed by atoms with Gasteiger partial charge in [-0.25, -0.2) is 0 Å². The predicted octanol–water partition coefficient (Wildman–Crippen LogP) is -0.132. The SMILES string of the molecule is CC1CN=C(NCCN2CCN(C(=O)C3CCC3)CC2)N1. The highest BCUT2D eigenvalue weighted by Gasteiger charge is 2.30. The molecule has 0 aromatic heterocycles. The maximum atomic E-state index is 12.2. The lowest BCUT2D eigenvalue weighted by molar-refractivity contribution is -0.139. The quantitative estimate of drug-likeness (QED) is 0.758. The van der Waals surface area contributed by atoms with Gasteiger partial charge in [-0.15, -0.1) is 0 Å². The summed E-state index contributed by atoms with van der Waals surface area (Å²) >= 11 is 0. The Morgan fingerprint density at radius 1 is 1.33 bits per heavy atom. The van der Waals surface area contributed by atoms with E-state index in [1.165, 1.54) is 6.42 Å². The van der Waals surface area contributed by atoms with Gasteiger partial charge in [0.25, 0.3) is 0 Å². The summed E-state index contributed by atoms with van der Waals surface area (Å²) in [6.07, 6.45) is 3.45. The molecule has 0 bridgehead atoms. The van der Waals surface area contributed by atoms with Gasteiger partial charge in [-0.1, -0.05) is 6.42 Å². The zero-order chi connectivity index (χ0) is 14.7. The predicted molar refractivity (Wildman–Crippen MR) is 83.3 cm³/mol. The third kappa shape index (κ3) is 3.67. The van der Waals surface area contributed by atoms with E-state index in [1.54, 1.807) is 0 Å². The van der Waals surface area contributed by atoms with E-state index in [0.717, 1.165) is 64.6 Å². The highest BCUT2D eigenvalue weighted by Crippen LogP contribution is 2.28. The van der Waals surface area contributed by atoms with E-state index in [4.69, 9.17) is 0 Å². The molecule has 21 heavy (non-hydrogen) atoms. The Hall–Kier alpha value is -1.30. The number of nitrogens with one attached hydrogen (secondary N) is 2. The Morgan fingerprint density at radius 2 is 2.10 bits per heavy atom. The van der Waals surface area contributed by atoms with Crippen molar-refractivity contribution in [3.63, 3.8) is 0 Å². The van der Waals surface area contributed by atoms with Gasteiger partial charge in [-0.05, 0) is 19.8 Å². The van der Waals surface area contributed by atoms with E-state index in [-0.39, 0.29) is 0 Å². The van der Waals surface area contributed by atoms with Gasteiger partial charge in [-0.2, -0.15) is 0 Å². The molecule has 0 aromatic rings. The summed E-state index contributed by atoms with van der Waals surface area (Å²) in [4.78, 5) is 21.1. The van der Waals surface area contributed by atoms with Crippen LogP contribution in [0.25, 0.3) is 0 Å². The molecule has 3 rings (SSSR count). The molecule has 2 heterocycles. The molecule has 2 fully saturated rings. The minimum atomic E-state index is 0.339. The van der Waals surface area contributed by atoms with E-state index in [1.807, 2.05) is 0 Å². The first kappa shape index (κ1) is 14.6. The van der Waals surface area contributed by atoms with Gasteiger partial charge in [0.2, 0.25) is 5.91 Å². The van der Waals surface area contributed by atoms with Crippen molar-refractivity contribution < 1.29 is 4.79 Å². The molecule has 2 N–H and O–H groups in total. The van der Waals surface area contributed by atoms with Gasteiger partial charge in [0.05, 0.1) is 6.54 Å². The van der Waals surface area contributed by atoms with Gasteiger partial charge in [0.15, 0.2) is 5.96 Å². The van der Waals surface area contributed by atoms with Crippen molar-refractivity contribution in [3.05, 3.63) is 0 Å². The topological polar surface area (TPSA) is 60.0 Å². The van der Waals surface area contributed by atoms with Gasteiger partial charge >= 0.3 is 0 Å². The largest absolute Gasteiger partial charge is 0.355 e. The second-order valence-electron chi connectivity index (χ2n) is 6.46. The maximum Gasteiger partial charge on any atom is 0.225 e. The number of nitrogens with zero attached hydrogens (tertiary/aromatic N) is 3. The standard InChI is InChI=1S/C15H27N5O/c1-12-11-17-15(18-12)16-5-6-19-7-9-20(10-8-19)14(21)13-3-2-4-13/h12-13H,2-11H2,1H3,(H2,16,17,18). The Morgan fingerprint density at radius 3 is 2.67 bits per heavy atom. The molecule has 1 aliphatic carbocycles. The van der Waals surface area contributed by atoms with Crippen molar-refractivity contribution in [3.8, 4) is 0 Å². The maximum absolute atomic E-state index is 12.2. The molecular formula is C15H27N5O. The van der Waals surface area contributed by atoms with Crippen LogP contribution in [-0.2, 0) is 4.79 Å². The molecule has 118 valence electrons. The van der Waals surface area contributed by atoms with Crippen molar-refractivity contribution in [2.45, 2.75) is 32.2 Å². The van der Waals surface area contributed by atoms with Crippen LogP contribution in [0.4, 0.5) is 0 Å². The van der Waals surface area contributed by atoms with Crippen LogP contribution < -0.4 is 10.6 Å². The number of carbonyl (C=O) groups is 1. The zero-order valence-electron chi connectivity index (χ0n) is 13.0. The van der Waals surface area contributed by atoms with Crippen molar-refractivity contribution in [1.29, 1.82) is 0 Å². The fraction of sp³-hybridized carbons (Fsp3) is 0.867. The molecule has 1 saturated carbocycles. The second kappa shape index (κ2) is 6.64. The summed E-state index contributed by atoms with van der Waals surface area (Å²) < 4.78 is 0. The lowest BCUT2D eigenvalue weighted by Gasteiger charge is -2.38. The number of guanidine groups is 1. The normalized spacial score (nSPS) is 27.0. The summed E-state index contributed by atoms with van der Waals surface area (Å²) in [5.41, 5.74) is 0. The summed E-state index contributed by atoms with van der Waals surface area (Å²) in [5.74, 6) is 1.67. The number of hydrogen-bond acceptors (Lipinski definition) is 5. The molecule has 6 nitrogen and oxygen atoms in total. The average Bonchev–Trinajstić information content (AvgIpc) is 2.83. The first-order valence-corrected chi connectivity index (χ1v) is 8.28. The first-order valence-electron chi connectivity index (χ1n) is 8.28. The number of carbonyl (C=O) groups excluding carboxylic acids is 1. The Kier molecular flexibility index (Phi) is 4.63. The van der Waals surface area contributed by atoms with Crippen LogP contribution >= 0.6 is 0 Å². The monoisotopic (exact) mass is 293 g/mol. The molecule has 6 heteroatoms. The van der Waals surface area contributed by atoms with E-state index < -0.39 is 0 Å². The fourth-order valence-electron chi connectivity index (χ4n) is 3.10. The molecule has 0 spiro atoms. The van der Waals surface area contributed by atoms with E-state index >= 15 is 0 Å². The third-order valence-corrected chi connectivity index (χ3v) is 4.77. The molecule has 2 aliphatic heterocycles. The molecule has 1 atom stereocenters. The van der Waals surface area contributed by atoms with Crippen LogP contribution in [0.3, 0.4) is 0 Å². The van der Waals surface area contributed by atoms with E-state index in [2.05, 4.69) is 32.3 Å². The van der Waals surface area contributed by atoms with Gasteiger partial charge in [0.1, 0.15) is 0 Å². The van der Waals surface area contributed by atoms with Crippen molar-refractivity contribution in [2.75, 3.05) is 45.8 Å². The van der Waals surface area contributed by atoms with Crippen molar-refractivity contribution in [2.24, 2.45) is 10.9 Å². The van der Waals surface area contributed by atoms with Crippen LogP contribution in [0, 0.1) is 5.92 Å². The highest BCUT2D eigenvalue weighted by atomic mass is 16.2. The third-order valence-electron chi connectivity index (χ3n) is 4.77. The van der Waals surface area contributed by atoms with Gasteiger partial charge in [0, 0.05) is 51.2 Å². The second-order valence-corrected chi connectivity index (χ2v) is 6.46. The smallest absolute Gasteiger partial charge is 0.225 e. The molecule has 0 radical (unpaired) electrons. The van der Waals surface area contributed by atoms with Crippen LogP contribution in [0.2, 0.25) is 0 Å². The summed E-state index contributed by atoms with van der Waals surface area (Å²) in [6, 6.07) is 0.452. The number of rotatable bonds is 4. The number of piperazine rings is 1. The fourth-order valence-corrected chi connectivity index (χ4v) is 3.10. The van der Waals surface area contributed by atoms with Crippen molar-refractivity contribution in [1.82, 2.24) is 20.4 Å². The van der Waals surface area contributed by atoms with E-state index in [9.17, 15) is 4.79 Å². The van der Waals surface area contributed by atoms with Crippen LogP contribution in [-0.4, -0.2) is 73.5 Å². The van der Waals surface area contributed by atoms with Crippen LogP contribution in [0.15, 0.2) is 4.99 Å². The van der Waals surface area contributed by atoms with Crippen LogP contribution in [0.1, 0.15) is 26.2 Å².